The van der Waals surface area contributed by atoms with Gasteiger partial charge in [-0.1, -0.05) is 6.92 Å². The van der Waals surface area contributed by atoms with Gasteiger partial charge in [-0.2, -0.15) is 0 Å². The molecule has 0 saturated heterocycles. The molecule has 21 heavy (non-hydrogen) atoms. The number of aromatic hydroxyl groups is 1. The van der Waals surface area contributed by atoms with Gasteiger partial charge in [0, 0.05) is 12.1 Å². The third-order valence-electron chi connectivity index (χ3n) is 3.36. The second-order valence-corrected chi connectivity index (χ2v) is 5.74. The molecule has 108 valence electrons. The van der Waals surface area contributed by atoms with Gasteiger partial charge < -0.3 is 9.67 Å². The Balaban J connectivity index is 2.25. The molecule has 0 saturated carbocycles. The number of aromatic nitrogens is 2. The van der Waals surface area contributed by atoms with Gasteiger partial charge in [-0.3, -0.25) is 0 Å². The maximum Gasteiger partial charge on any atom is 0.141 e. The van der Waals surface area contributed by atoms with Crippen molar-refractivity contribution in [2.45, 2.75) is 19.9 Å². The molecule has 0 aliphatic heterocycles. The first-order valence-electron chi connectivity index (χ1n) is 6.75. The van der Waals surface area contributed by atoms with Crippen molar-refractivity contribution in [1.82, 2.24) is 9.55 Å². The van der Waals surface area contributed by atoms with E-state index >= 15 is 0 Å². The molecule has 0 spiro atoms. The van der Waals surface area contributed by atoms with Gasteiger partial charge in [0.15, 0.2) is 0 Å². The number of phenolic OH excluding ortho intramolecular Hbond substituents is 1. The number of hydrogen-bond donors (Lipinski definition) is 1. The summed E-state index contributed by atoms with van der Waals surface area (Å²) in [5, 5.41) is 9.86. The highest BCUT2D eigenvalue weighted by atomic mass is 79.9. The zero-order chi connectivity index (χ0) is 15.0. The van der Waals surface area contributed by atoms with Crippen molar-refractivity contribution in [3.63, 3.8) is 0 Å². The van der Waals surface area contributed by atoms with Crippen molar-refractivity contribution in [2.75, 3.05) is 0 Å². The summed E-state index contributed by atoms with van der Waals surface area (Å²) in [5.41, 5.74) is 2.33. The fourth-order valence-corrected chi connectivity index (χ4v) is 2.66. The normalized spacial score (nSPS) is 11.2. The Bertz CT molecular complexity index is 813. The summed E-state index contributed by atoms with van der Waals surface area (Å²) in [6.45, 7) is 2.81. The largest absolute Gasteiger partial charge is 0.507 e. The summed E-state index contributed by atoms with van der Waals surface area (Å²) in [7, 11) is 0. The van der Waals surface area contributed by atoms with Crippen LogP contribution in [-0.4, -0.2) is 14.7 Å². The Kier molecular flexibility index (Phi) is 3.68. The van der Waals surface area contributed by atoms with Gasteiger partial charge >= 0.3 is 0 Å². The molecule has 0 unspecified atom stereocenters. The van der Waals surface area contributed by atoms with Crippen molar-refractivity contribution < 1.29 is 9.50 Å². The Morgan fingerprint density at radius 3 is 2.76 bits per heavy atom. The molecule has 1 heterocycles. The van der Waals surface area contributed by atoms with Crippen LogP contribution in [0, 0.1) is 5.82 Å². The average molecular weight is 349 g/mol. The van der Waals surface area contributed by atoms with E-state index in [9.17, 15) is 9.50 Å². The zero-order valence-electron chi connectivity index (χ0n) is 11.5. The highest BCUT2D eigenvalue weighted by Crippen LogP contribution is 2.31. The summed E-state index contributed by atoms with van der Waals surface area (Å²) in [6.07, 6.45) is 0.914. The molecular formula is C16H14BrFN2O. The van der Waals surface area contributed by atoms with Gasteiger partial charge in [0.05, 0.1) is 15.5 Å². The lowest BCUT2D eigenvalue weighted by molar-refractivity contribution is 0.472. The van der Waals surface area contributed by atoms with Crippen LogP contribution < -0.4 is 0 Å². The van der Waals surface area contributed by atoms with Gasteiger partial charge in [0.1, 0.15) is 17.4 Å². The predicted molar refractivity (Wildman–Crippen MR) is 84.8 cm³/mol. The molecule has 0 amide bonds. The minimum Gasteiger partial charge on any atom is -0.507 e. The van der Waals surface area contributed by atoms with Gasteiger partial charge in [-0.25, -0.2) is 9.37 Å². The van der Waals surface area contributed by atoms with E-state index < -0.39 is 0 Å². The number of benzene rings is 2. The molecule has 1 aromatic heterocycles. The van der Waals surface area contributed by atoms with Gasteiger partial charge in [0.2, 0.25) is 0 Å². The number of imidazole rings is 1. The average Bonchev–Trinajstić information content (AvgIpc) is 2.81. The predicted octanol–water partition coefficient (Wildman–Crippen LogP) is 4.72. The molecular weight excluding hydrogens is 335 g/mol. The van der Waals surface area contributed by atoms with Crippen molar-refractivity contribution in [1.29, 1.82) is 0 Å². The number of fused-ring (bicyclic) bond motifs is 1. The van der Waals surface area contributed by atoms with Gasteiger partial charge in [0.25, 0.3) is 0 Å². The first kappa shape index (κ1) is 14.1. The smallest absolute Gasteiger partial charge is 0.141 e. The van der Waals surface area contributed by atoms with Crippen LogP contribution in [0.1, 0.15) is 13.3 Å². The lowest BCUT2D eigenvalue weighted by atomic mass is 10.2. The van der Waals surface area contributed by atoms with Crippen molar-refractivity contribution in [2.24, 2.45) is 0 Å². The van der Waals surface area contributed by atoms with Crippen LogP contribution in [0.25, 0.3) is 22.4 Å². The third kappa shape index (κ3) is 2.53. The topological polar surface area (TPSA) is 38.0 Å². The van der Waals surface area contributed by atoms with Crippen molar-refractivity contribution >= 4 is 27.0 Å². The van der Waals surface area contributed by atoms with Crippen LogP contribution >= 0.6 is 15.9 Å². The number of nitrogens with zero attached hydrogens (tertiary/aromatic N) is 2. The molecule has 3 nitrogen and oxygen atoms in total. The zero-order valence-corrected chi connectivity index (χ0v) is 13.1. The minimum absolute atomic E-state index is 0.161. The van der Waals surface area contributed by atoms with E-state index in [-0.39, 0.29) is 11.6 Å². The monoisotopic (exact) mass is 348 g/mol. The van der Waals surface area contributed by atoms with Gasteiger partial charge in [-0.05, 0) is 58.7 Å². The van der Waals surface area contributed by atoms with E-state index in [1.54, 1.807) is 18.2 Å². The minimum atomic E-state index is -0.273. The Morgan fingerprint density at radius 2 is 2.05 bits per heavy atom. The van der Waals surface area contributed by atoms with Crippen LogP contribution in [0.2, 0.25) is 0 Å². The van der Waals surface area contributed by atoms with E-state index in [4.69, 9.17) is 0 Å². The molecule has 0 fully saturated rings. The number of halogens is 2. The maximum absolute atomic E-state index is 13.5. The molecule has 0 aliphatic rings. The molecule has 0 atom stereocenters. The van der Waals surface area contributed by atoms with E-state index in [0.29, 0.717) is 4.47 Å². The van der Waals surface area contributed by atoms with Crippen LogP contribution in [0.3, 0.4) is 0 Å². The van der Waals surface area contributed by atoms with Gasteiger partial charge in [-0.15, -0.1) is 0 Å². The number of hydrogen-bond acceptors (Lipinski definition) is 2. The van der Waals surface area contributed by atoms with Crippen molar-refractivity contribution in [3.05, 3.63) is 46.7 Å². The first-order valence-corrected chi connectivity index (χ1v) is 7.54. The quantitative estimate of drug-likeness (QED) is 0.743. The van der Waals surface area contributed by atoms with Crippen molar-refractivity contribution in [3.8, 4) is 17.1 Å². The highest BCUT2D eigenvalue weighted by Gasteiger charge is 2.14. The van der Waals surface area contributed by atoms with E-state index in [0.717, 1.165) is 35.4 Å². The van der Waals surface area contributed by atoms with Crippen LogP contribution in [0.5, 0.6) is 5.75 Å². The van der Waals surface area contributed by atoms with E-state index in [1.165, 1.54) is 12.1 Å². The maximum atomic E-state index is 13.5. The highest BCUT2D eigenvalue weighted by molar-refractivity contribution is 9.10. The fourth-order valence-electron chi connectivity index (χ4n) is 2.42. The SMILES string of the molecule is CCCn1c(-c2ccc(Br)c(O)c2)nc2ccc(F)cc21. The van der Waals surface area contributed by atoms with Crippen LogP contribution in [-0.2, 0) is 6.54 Å². The van der Waals surface area contributed by atoms with Crippen LogP contribution in [0.15, 0.2) is 40.9 Å². The molecule has 0 aliphatic carbocycles. The molecule has 2 aromatic carbocycles. The Morgan fingerprint density at radius 1 is 1.24 bits per heavy atom. The molecule has 5 heteroatoms. The summed E-state index contributed by atoms with van der Waals surface area (Å²) in [6, 6.07) is 9.91. The lowest BCUT2D eigenvalue weighted by Crippen LogP contribution is -1.99. The number of rotatable bonds is 3. The second kappa shape index (κ2) is 5.48. The van der Waals surface area contributed by atoms with Crippen LogP contribution in [0.4, 0.5) is 4.39 Å². The summed E-state index contributed by atoms with van der Waals surface area (Å²) >= 11 is 3.27. The van der Waals surface area contributed by atoms with E-state index in [1.807, 2.05) is 10.6 Å². The second-order valence-electron chi connectivity index (χ2n) is 4.89. The van der Waals surface area contributed by atoms with E-state index in [2.05, 4.69) is 27.8 Å². The molecule has 0 bridgehead atoms. The first-order chi connectivity index (χ1) is 10.1. The molecule has 3 rings (SSSR count). The Labute approximate surface area is 130 Å². The molecule has 0 radical (unpaired) electrons. The third-order valence-corrected chi connectivity index (χ3v) is 4.03. The number of aryl methyl sites for hydroxylation is 1. The summed E-state index contributed by atoms with van der Waals surface area (Å²) in [4.78, 5) is 4.58. The Hall–Kier alpha value is -1.88. The summed E-state index contributed by atoms with van der Waals surface area (Å²) in [5.74, 6) is 0.624. The fraction of sp³-hybridized carbons (Fsp3) is 0.188. The lowest BCUT2D eigenvalue weighted by Gasteiger charge is -2.08. The molecule has 3 aromatic rings. The summed E-state index contributed by atoms with van der Waals surface area (Å²) < 4.78 is 16.1. The number of phenols is 1. The molecule has 1 N–H and O–H groups in total. The standard InChI is InChI=1S/C16H14BrFN2O/c1-2-7-20-14-9-11(18)4-6-13(14)19-16(20)10-3-5-12(17)15(21)8-10/h3-6,8-9,21H,2,7H2,1H3.